The van der Waals surface area contributed by atoms with Crippen LogP contribution in [0.25, 0.3) is 0 Å². The van der Waals surface area contributed by atoms with Crippen molar-refractivity contribution in [3.05, 3.63) is 21.9 Å². The molecule has 2 rings (SSSR count). The average Bonchev–Trinajstić information content (AvgIpc) is 2.86. The van der Waals surface area contributed by atoms with Crippen LogP contribution in [0.1, 0.15) is 10.4 Å². The van der Waals surface area contributed by atoms with Gasteiger partial charge in [-0.1, -0.05) is 11.8 Å². The molecule has 5 heteroatoms. The highest BCUT2D eigenvalue weighted by Gasteiger charge is 2.17. The number of aliphatic hydroxyl groups is 1. The lowest BCUT2D eigenvalue weighted by Crippen LogP contribution is -2.46. The highest BCUT2D eigenvalue weighted by atomic mass is 32.1. The van der Waals surface area contributed by atoms with Crippen molar-refractivity contribution in [2.75, 3.05) is 45.9 Å². The summed E-state index contributed by atoms with van der Waals surface area (Å²) in [6.45, 7) is 6.62. The highest BCUT2D eigenvalue weighted by molar-refractivity contribution is 7.10. The Hall–Kier alpha value is -0.900. The highest BCUT2D eigenvalue weighted by Crippen LogP contribution is 2.19. The molecule has 0 unspecified atom stereocenters. The average molecular weight is 279 g/mol. The van der Waals surface area contributed by atoms with Crippen LogP contribution in [0, 0.1) is 11.8 Å². The number of rotatable bonds is 4. The van der Waals surface area contributed by atoms with Crippen molar-refractivity contribution in [3.8, 4) is 11.8 Å². The van der Waals surface area contributed by atoms with Gasteiger partial charge in [-0.05, 0) is 11.4 Å². The van der Waals surface area contributed by atoms with E-state index < -0.39 is 0 Å². The van der Waals surface area contributed by atoms with Crippen molar-refractivity contribution in [1.29, 1.82) is 0 Å². The van der Waals surface area contributed by atoms with Gasteiger partial charge in [-0.2, -0.15) is 0 Å². The van der Waals surface area contributed by atoms with Gasteiger partial charge in [0, 0.05) is 49.7 Å². The standard InChI is InChI=1S/C14H21N3OS/c15-4-1-2-13-3-11-19-14(13)12-17-7-5-16(6-8-17)9-10-18/h3,11,18H,4-10,12,15H2. The first-order chi connectivity index (χ1) is 9.33. The zero-order chi connectivity index (χ0) is 13.5. The molecular weight excluding hydrogens is 258 g/mol. The molecule has 3 N–H and O–H groups in total. The molecule has 1 aliphatic rings. The number of nitrogens with zero attached hydrogens (tertiary/aromatic N) is 2. The Morgan fingerprint density at radius 1 is 1.26 bits per heavy atom. The smallest absolute Gasteiger partial charge is 0.0558 e. The van der Waals surface area contributed by atoms with Gasteiger partial charge >= 0.3 is 0 Å². The van der Waals surface area contributed by atoms with E-state index in [-0.39, 0.29) is 6.61 Å². The Bertz CT molecular complexity index is 441. The summed E-state index contributed by atoms with van der Waals surface area (Å²) in [5.74, 6) is 6.06. The van der Waals surface area contributed by atoms with Crippen LogP contribution in [-0.2, 0) is 6.54 Å². The van der Waals surface area contributed by atoms with Gasteiger partial charge in [-0.3, -0.25) is 9.80 Å². The van der Waals surface area contributed by atoms with Crippen LogP contribution >= 0.6 is 11.3 Å². The number of β-amino-alcohol motifs (C(OH)–C–C–N with tert-alkyl or cyclic N) is 1. The lowest BCUT2D eigenvalue weighted by molar-refractivity contribution is 0.109. The first kappa shape index (κ1) is 14.5. The van der Waals surface area contributed by atoms with E-state index in [1.807, 2.05) is 0 Å². The minimum Gasteiger partial charge on any atom is -0.395 e. The molecule has 0 amide bonds. The van der Waals surface area contributed by atoms with Gasteiger partial charge in [0.05, 0.1) is 13.2 Å². The van der Waals surface area contributed by atoms with Crippen LogP contribution < -0.4 is 5.73 Å². The minimum atomic E-state index is 0.254. The summed E-state index contributed by atoms with van der Waals surface area (Å²) in [6, 6.07) is 2.07. The molecule has 0 bridgehead atoms. The second-order valence-electron chi connectivity index (χ2n) is 4.60. The summed E-state index contributed by atoms with van der Waals surface area (Å²) < 4.78 is 0. The molecular formula is C14H21N3OS. The van der Waals surface area contributed by atoms with Gasteiger partial charge in [0.25, 0.3) is 0 Å². The summed E-state index contributed by atoms with van der Waals surface area (Å²) in [5.41, 5.74) is 6.54. The molecule has 1 aromatic heterocycles. The van der Waals surface area contributed by atoms with Crippen LogP contribution in [0.15, 0.2) is 11.4 Å². The number of thiophene rings is 1. The van der Waals surface area contributed by atoms with E-state index in [2.05, 4.69) is 33.1 Å². The first-order valence-electron chi connectivity index (χ1n) is 6.64. The fraction of sp³-hybridized carbons (Fsp3) is 0.571. The van der Waals surface area contributed by atoms with Crippen molar-refractivity contribution in [3.63, 3.8) is 0 Å². The van der Waals surface area contributed by atoms with Gasteiger partial charge in [-0.25, -0.2) is 0 Å². The molecule has 1 aromatic rings. The van der Waals surface area contributed by atoms with Crippen LogP contribution in [0.4, 0.5) is 0 Å². The van der Waals surface area contributed by atoms with E-state index in [0.717, 1.165) is 44.8 Å². The molecule has 0 aliphatic carbocycles. The topological polar surface area (TPSA) is 52.7 Å². The van der Waals surface area contributed by atoms with Gasteiger partial charge < -0.3 is 10.8 Å². The molecule has 104 valence electrons. The van der Waals surface area contributed by atoms with Gasteiger partial charge in [0.15, 0.2) is 0 Å². The number of hydrogen-bond donors (Lipinski definition) is 2. The summed E-state index contributed by atoms with van der Waals surface area (Å²) in [6.07, 6.45) is 0. The molecule has 2 heterocycles. The fourth-order valence-electron chi connectivity index (χ4n) is 2.24. The quantitative estimate of drug-likeness (QED) is 0.772. The van der Waals surface area contributed by atoms with Gasteiger partial charge in [0.2, 0.25) is 0 Å². The summed E-state index contributed by atoms with van der Waals surface area (Å²) in [4.78, 5) is 6.09. The maximum Gasteiger partial charge on any atom is 0.0558 e. The molecule has 1 aliphatic heterocycles. The summed E-state index contributed by atoms with van der Waals surface area (Å²) in [7, 11) is 0. The van der Waals surface area contributed by atoms with E-state index in [9.17, 15) is 0 Å². The zero-order valence-corrected chi connectivity index (χ0v) is 12.0. The zero-order valence-electron chi connectivity index (χ0n) is 11.1. The number of piperazine rings is 1. The van der Waals surface area contributed by atoms with E-state index >= 15 is 0 Å². The third-order valence-corrected chi connectivity index (χ3v) is 4.22. The molecule has 0 aromatic carbocycles. The van der Waals surface area contributed by atoms with Gasteiger partial charge in [0.1, 0.15) is 0 Å². The largest absolute Gasteiger partial charge is 0.395 e. The Morgan fingerprint density at radius 3 is 2.68 bits per heavy atom. The van der Waals surface area contributed by atoms with Crippen molar-refractivity contribution >= 4 is 11.3 Å². The maximum absolute atomic E-state index is 8.93. The molecule has 0 atom stereocenters. The third-order valence-electron chi connectivity index (χ3n) is 3.32. The van der Waals surface area contributed by atoms with E-state index in [4.69, 9.17) is 10.8 Å². The Kier molecular flexibility index (Phi) is 5.83. The molecule has 0 saturated carbocycles. The van der Waals surface area contributed by atoms with Crippen LogP contribution in [0.5, 0.6) is 0 Å². The predicted octanol–water partition coefficient (Wildman–Crippen LogP) is 0.168. The van der Waals surface area contributed by atoms with E-state index in [1.54, 1.807) is 11.3 Å². The van der Waals surface area contributed by atoms with Crippen LogP contribution in [0.3, 0.4) is 0 Å². The van der Waals surface area contributed by atoms with Crippen LogP contribution in [-0.4, -0.2) is 60.8 Å². The number of aliphatic hydroxyl groups excluding tert-OH is 1. The van der Waals surface area contributed by atoms with Gasteiger partial charge in [-0.15, -0.1) is 11.3 Å². The minimum absolute atomic E-state index is 0.254. The van der Waals surface area contributed by atoms with Crippen molar-refractivity contribution in [2.45, 2.75) is 6.54 Å². The summed E-state index contributed by atoms with van der Waals surface area (Å²) >= 11 is 1.77. The maximum atomic E-state index is 8.93. The first-order valence-corrected chi connectivity index (χ1v) is 7.52. The Labute approximate surface area is 118 Å². The lowest BCUT2D eigenvalue weighted by atomic mass is 10.2. The normalized spacial score (nSPS) is 17.2. The summed E-state index contributed by atoms with van der Waals surface area (Å²) in [5, 5.41) is 11.0. The third kappa shape index (κ3) is 4.30. The number of nitrogens with two attached hydrogens (primary N) is 1. The predicted molar refractivity (Wildman–Crippen MR) is 79.1 cm³/mol. The van der Waals surface area contributed by atoms with Crippen molar-refractivity contribution in [2.24, 2.45) is 5.73 Å². The lowest BCUT2D eigenvalue weighted by Gasteiger charge is -2.34. The van der Waals surface area contributed by atoms with Crippen molar-refractivity contribution in [1.82, 2.24) is 9.80 Å². The Balaban J connectivity index is 1.87. The second kappa shape index (κ2) is 7.63. The molecule has 0 radical (unpaired) electrons. The Morgan fingerprint density at radius 2 is 2.00 bits per heavy atom. The molecule has 1 saturated heterocycles. The molecule has 0 spiro atoms. The molecule has 4 nitrogen and oxygen atoms in total. The van der Waals surface area contributed by atoms with E-state index in [1.165, 1.54) is 4.88 Å². The second-order valence-corrected chi connectivity index (χ2v) is 5.61. The molecule has 19 heavy (non-hydrogen) atoms. The fourth-order valence-corrected chi connectivity index (χ4v) is 3.11. The van der Waals surface area contributed by atoms with Crippen LogP contribution in [0.2, 0.25) is 0 Å². The monoisotopic (exact) mass is 279 g/mol. The molecule has 1 fully saturated rings. The number of hydrogen-bond acceptors (Lipinski definition) is 5. The van der Waals surface area contributed by atoms with Crippen molar-refractivity contribution < 1.29 is 5.11 Å². The van der Waals surface area contributed by atoms with E-state index in [0.29, 0.717) is 6.54 Å². The SMILES string of the molecule is NCC#Cc1ccsc1CN1CCN(CCO)CC1.